The predicted octanol–water partition coefficient (Wildman–Crippen LogP) is 1.92. The van der Waals surface area contributed by atoms with Gasteiger partial charge in [-0.1, -0.05) is 12.1 Å². The lowest BCUT2D eigenvalue weighted by molar-refractivity contribution is -0.122. The number of hydrogen-bond acceptors (Lipinski definition) is 5. The number of rotatable bonds is 9. The summed E-state index contributed by atoms with van der Waals surface area (Å²) in [6, 6.07) is 11.1. The molecule has 1 amide bonds. The third-order valence-corrected chi connectivity index (χ3v) is 3.17. The monoisotopic (exact) mass is 318 g/mol. The van der Waals surface area contributed by atoms with E-state index in [1.807, 2.05) is 48.3 Å². The number of nitrogens with zero attached hydrogens (tertiary/aromatic N) is 1. The van der Waals surface area contributed by atoms with Crippen LogP contribution in [0.15, 0.2) is 47.1 Å². The first-order valence-corrected chi connectivity index (χ1v) is 7.42. The lowest BCUT2D eigenvalue weighted by Crippen LogP contribution is -2.36. The Bertz CT molecular complexity index is 598. The first-order valence-electron chi connectivity index (χ1n) is 7.42. The molecule has 0 spiro atoms. The van der Waals surface area contributed by atoms with Crippen molar-refractivity contribution in [1.29, 1.82) is 0 Å². The number of carbonyl (C=O) groups is 1. The van der Waals surface area contributed by atoms with E-state index in [2.05, 4.69) is 5.32 Å². The predicted molar refractivity (Wildman–Crippen MR) is 86.5 cm³/mol. The number of furan rings is 1. The molecule has 0 aliphatic rings. The summed E-state index contributed by atoms with van der Waals surface area (Å²) < 4.78 is 16.0. The van der Waals surface area contributed by atoms with E-state index in [1.165, 1.54) is 0 Å². The number of amides is 1. The topological polar surface area (TPSA) is 63.9 Å². The Morgan fingerprint density at radius 1 is 1.22 bits per heavy atom. The minimum absolute atomic E-state index is 0.0531. The average Bonchev–Trinajstić information content (AvgIpc) is 3.04. The van der Waals surface area contributed by atoms with Crippen molar-refractivity contribution in [2.45, 2.75) is 6.54 Å². The largest absolute Gasteiger partial charge is 0.493 e. The second-order valence-electron chi connectivity index (χ2n) is 5.10. The molecule has 6 heteroatoms. The Kier molecular flexibility index (Phi) is 6.50. The number of hydrogen-bond donors (Lipinski definition) is 1. The average molecular weight is 318 g/mol. The molecular weight excluding hydrogens is 296 g/mol. The molecule has 1 heterocycles. The summed E-state index contributed by atoms with van der Waals surface area (Å²) in [5.41, 5.74) is 0. The SMILES string of the molecule is COc1ccccc1OCCNC(=O)CN(C)Cc1ccco1. The zero-order valence-corrected chi connectivity index (χ0v) is 13.5. The normalized spacial score (nSPS) is 10.6. The first-order chi connectivity index (χ1) is 11.2. The van der Waals surface area contributed by atoms with Crippen molar-refractivity contribution in [3.05, 3.63) is 48.4 Å². The van der Waals surface area contributed by atoms with E-state index in [9.17, 15) is 4.79 Å². The number of carbonyl (C=O) groups excluding carboxylic acids is 1. The van der Waals surface area contributed by atoms with Gasteiger partial charge in [0.05, 0.1) is 33.0 Å². The molecule has 124 valence electrons. The maximum atomic E-state index is 11.9. The van der Waals surface area contributed by atoms with Gasteiger partial charge in [-0.25, -0.2) is 0 Å². The van der Waals surface area contributed by atoms with Gasteiger partial charge in [-0.3, -0.25) is 9.69 Å². The molecule has 0 fully saturated rings. The summed E-state index contributed by atoms with van der Waals surface area (Å²) >= 11 is 0. The molecule has 1 aromatic carbocycles. The van der Waals surface area contributed by atoms with Crippen LogP contribution >= 0.6 is 0 Å². The highest BCUT2D eigenvalue weighted by atomic mass is 16.5. The molecule has 0 atom stereocenters. The van der Waals surface area contributed by atoms with Crippen LogP contribution in [0.1, 0.15) is 5.76 Å². The van der Waals surface area contributed by atoms with Gasteiger partial charge in [-0.05, 0) is 31.3 Å². The van der Waals surface area contributed by atoms with Gasteiger partial charge in [0.15, 0.2) is 11.5 Å². The van der Waals surface area contributed by atoms with Crippen LogP contribution in [-0.2, 0) is 11.3 Å². The third-order valence-electron chi connectivity index (χ3n) is 3.17. The minimum Gasteiger partial charge on any atom is -0.493 e. The van der Waals surface area contributed by atoms with Gasteiger partial charge in [0.2, 0.25) is 5.91 Å². The molecule has 1 aromatic heterocycles. The minimum atomic E-state index is -0.0531. The molecule has 0 saturated heterocycles. The van der Waals surface area contributed by atoms with Gasteiger partial charge in [0.25, 0.3) is 0 Å². The van der Waals surface area contributed by atoms with E-state index in [4.69, 9.17) is 13.9 Å². The third kappa shape index (κ3) is 5.67. The van der Waals surface area contributed by atoms with Crippen molar-refractivity contribution in [1.82, 2.24) is 10.2 Å². The molecule has 0 saturated carbocycles. The Morgan fingerprint density at radius 2 is 2.00 bits per heavy atom. The molecule has 0 unspecified atom stereocenters. The second-order valence-corrected chi connectivity index (χ2v) is 5.10. The maximum Gasteiger partial charge on any atom is 0.234 e. The number of benzene rings is 1. The van der Waals surface area contributed by atoms with E-state index >= 15 is 0 Å². The fourth-order valence-corrected chi connectivity index (χ4v) is 2.12. The van der Waals surface area contributed by atoms with E-state index < -0.39 is 0 Å². The van der Waals surface area contributed by atoms with Gasteiger partial charge >= 0.3 is 0 Å². The molecule has 0 aliphatic heterocycles. The van der Waals surface area contributed by atoms with Gasteiger partial charge < -0.3 is 19.2 Å². The van der Waals surface area contributed by atoms with Crippen molar-refractivity contribution in [2.24, 2.45) is 0 Å². The van der Waals surface area contributed by atoms with Crippen LogP contribution in [0.2, 0.25) is 0 Å². The summed E-state index contributed by atoms with van der Waals surface area (Å²) in [4.78, 5) is 13.7. The number of methoxy groups -OCH3 is 1. The van der Waals surface area contributed by atoms with Crippen molar-refractivity contribution in [3.63, 3.8) is 0 Å². The Hall–Kier alpha value is -2.47. The van der Waals surface area contributed by atoms with Crippen molar-refractivity contribution >= 4 is 5.91 Å². The van der Waals surface area contributed by atoms with E-state index in [0.717, 1.165) is 5.76 Å². The zero-order valence-electron chi connectivity index (χ0n) is 13.5. The van der Waals surface area contributed by atoms with Crippen LogP contribution in [0.4, 0.5) is 0 Å². The van der Waals surface area contributed by atoms with Gasteiger partial charge in [0, 0.05) is 0 Å². The highest BCUT2D eigenvalue weighted by Crippen LogP contribution is 2.25. The number of nitrogens with one attached hydrogen (secondary N) is 1. The summed E-state index contributed by atoms with van der Waals surface area (Å²) in [6.45, 7) is 1.72. The smallest absolute Gasteiger partial charge is 0.234 e. The van der Waals surface area contributed by atoms with Gasteiger partial charge in [0.1, 0.15) is 12.4 Å². The fraction of sp³-hybridized carbons (Fsp3) is 0.353. The first kappa shape index (κ1) is 16.9. The van der Waals surface area contributed by atoms with Crippen molar-refractivity contribution in [3.8, 4) is 11.5 Å². The lowest BCUT2D eigenvalue weighted by Gasteiger charge is -2.15. The Morgan fingerprint density at radius 3 is 2.70 bits per heavy atom. The molecule has 0 aliphatic carbocycles. The van der Waals surface area contributed by atoms with Gasteiger partial charge in [-0.15, -0.1) is 0 Å². The van der Waals surface area contributed by atoms with E-state index in [0.29, 0.717) is 37.7 Å². The lowest BCUT2D eigenvalue weighted by atomic mass is 10.3. The molecule has 0 radical (unpaired) electrons. The summed E-state index contributed by atoms with van der Waals surface area (Å²) in [5, 5.41) is 2.82. The van der Waals surface area contributed by atoms with Crippen LogP contribution in [-0.4, -0.2) is 44.7 Å². The standard InChI is InChI=1S/C17H22N2O4/c1-19(12-14-6-5-10-22-14)13-17(20)18-9-11-23-16-8-4-3-7-15(16)21-2/h3-8,10H,9,11-13H2,1-2H3,(H,18,20). The van der Waals surface area contributed by atoms with E-state index in [-0.39, 0.29) is 5.91 Å². The number of ether oxygens (including phenoxy) is 2. The molecular formula is C17H22N2O4. The molecule has 1 N–H and O–H groups in total. The van der Waals surface area contributed by atoms with Crippen LogP contribution in [0.5, 0.6) is 11.5 Å². The molecule has 23 heavy (non-hydrogen) atoms. The summed E-state index contributed by atoms with van der Waals surface area (Å²) in [6.07, 6.45) is 1.62. The van der Waals surface area contributed by atoms with Crippen LogP contribution in [0.3, 0.4) is 0 Å². The van der Waals surface area contributed by atoms with Crippen LogP contribution in [0.25, 0.3) is 0 Å². The number of para-hydroxylation sites is 2. The Balaban J connectivity index is 1.64. The summed E-state index contributed by atoms with van der Waals surface area (Å²) in [7, 11) is 3.46. The quantitative estimate of drug-likeness (QED) is 0.716. The summed E-state index contributed by atoms with van der Waals surface area (Å²) in [5.74, 6) is 2.12. The highest BCUT2D eigenvalue weighted by molar-refractivity contribution is 5.77. The molecule has 6 nitrogen and oxygen atoms in total. The fourth-order valence-electron chi connectivity index (χ4n) is 2.12. The number of likely N-dealkylation sites (N-methyl/N-ethyl adjacent to an activating group) is 1. The van der Waals surface area contributed by atoms with Gasteiger partial charge in [-0.2, -0.15) is 0 Å². The zero-order chi connectivity index (χ0) is 16.5. The Labute approximate surface area is 136 Å². The van der Waals surface area contributed by atoms with E-state index in [1.54, 1.807) is 13.4 Å². The van der Waals surface area contributed by atoms with Crippen LogP contribution < -0.4 is 14.8 Å². The maximum absolute atomic E-state index is 11.9. The highest BCUT2D eigenvalue weighted by Gasteiger charge is 2.08. The molecule has 0 bridgehead atoms. The molecule has 2 rings (SSSR count). The second kappa shape index (κ2) is 8.85. The molecule has 2 aromatic rings. The van der Waals surface area contributed by atoms with Crippen LogP contribution in [0, 0.1) is 0 Å². The van der Waals surface area contributed by atoms with Crippen molar-refractivity contribution < 1.29 is 18.7 Å². The van der Waals surface area contributed by atoms with Crippen molar-refractivity contribution in [2.75, 3.05) is 33.9 Å².